The Morgan fingerprint density at radius 1 is 0.976 bits per heavy atom. The topological polar surface area (TPSA) is 78.4 Å². The second-order valence-corrected chi connectivity index (χ2v) is 13.2. The number of amides is 2. The summed E-state index contributed by atoms with van der Waals surface area (Å²) in [6.07, 6.45) is 6.56. The molecule has 0 bridgehead atoms. The average molecular weight is 686 g/mol. The van der Waals surface area contributed by atoms with Gasteiger partial charge < -0.3 is 0 Å². The smallest absolute Gasteiger partial charge is 0.289 e. The van der Waals surface area contributed by atoms with Crippen molar-refractivity contribution in [2.24, 2.45) is 17.8 Å². The van der Waals surface area contributed by atoms with Gasteiger partial charge in [0.15, 0.2) is 0 Å². The van der Waals surface area contributed by atoms with Crippen molar-refractivity contribution in [1.82, 2.24) is 5.48 Å². The minimum absolute atomic E-state index is 0.0201. The first kappa shape index (κ1) is 29.5. The number of anilines is 1. The van der Waals surface area contributed by atoms with Crippen molar-refractivity contribution >= 4 is 38.8 Å². The summed E-state index contributed by atoms with van der Waals surface area (Å²) in [4.78, 5) is 25.2. The summed E-state index contributed by atoms with van der Waals surface area (Å²) in [5, 5.41) is 14.7. The van der Waals surface area contributed by atoms with Crippen LogP contribution in [-0.2, 0) is 22.4 Å². The Morgan fingerprint density at radius 2 is 1.68 bits per heavy atom. The van der Waals surface area contributed by atoms with Crippen LogP contribution in [-0.4, -0.2) is 17.0 Å². The second kappa shape index (κ2) is 13.8. The molecule has 3 N–H and O–H groups in total. The van der Waals surface area contributed by atoms with Gasteiger partial charge in [0.05, 0.1) is 6.42 Å². The Hall–Kier alpha value is -3.01. The van der Waals surface area contributed by atoms with Crippen molar-refractivity contribution < 1.29 is 40.4 Å². The fourth-order valence-electron chi connectivity index (χ4n) is 5.87. The molecule has 2 amide bonds. The van der Waals surface area contributed by atoms with Crippen LogP contribution in [0.15, 0.2) is 76.9 Å². The zero-order valence-electron chi connectivity index (χ0n) is 22.5. The number of carbonyl (C=O) groups is 2. The molecule has 1 heterocycles. The monoisotopic (exact) mass is 685 g/mol. The van der Waals surface area contributed by atoms with Crippen LogP contribution in [0.5, 0.6) is 0 Å². The van der Waals surface area contributed by atoms with Crippen LogP contribution in [0.25, 0.3) is 9.66 Å². The molecule has 5 rings (SSSR count). The van der Waals surface area contributed by atoms with Gasteiger partial charge in [-0.15, -0.1) is 0 Å². The molecule has 1 unspecified atom stereocenters. The molecule has 0 spiro atoms. The van der Waals surface area contributed by atoms with E-state index < -0.39 is 5.91 Å². The number of benzene rings is 3. The van der Waals surface area contributed by atoms with E-state index in [4.69, 9.17) is 16.8 Å². The normalized spacial score (nSPS) is 19.1. The summed E-state index contributed by atoms with van der Waals surface area (Å²) in [7, 11) is 0. The van der Waals surface area contributed by atoms with Gasteiger partial charge in [0.25, 0.3) is 0 Å². The number of hydroxylamine groups is 1. The third-order valence-corrected chi connectivity index (χ3v) is 10.1. The van der Waals surface area contributed by atoms with Crippen LogP contribution < -0.4 is 42.4 Å². The standard InChI is InChI=1S/C33H32ClFIN2O3/c34-26-10-13-28(14-11-26)37-33(40)31(17-21-1-3-22(4-2-21)18-32(39)38-41)24-7-5-23(6-8-24)29-15-16-36-20-25-9-12-27(35)19-30(25)29/h1-4,9-16,19-20,23-24,31,41H,5-8,17-18H2,(H,37,40)(H,38,39)/q-1. The molecule has 0 saturated heterocycles. The first-order valence-electron chi connectivity index (χ1n) is 13.8. The van der Waals surface area contributed by atoms with E-state index in [2.05, 4.69) is 19.6 Å². The number of hydrogen-bond acceptors (Lipinski definition) is 3. The Bertz CT molecular complexity index is 1550. The van der Waals surface area contributed by atoms with Crippen molar-refractivity contribution in [3.63, 3.8) is 0 Å². The van der Waals surface area contributed by atoms with Gasteiger partial charge in [-0.25, -0.2) is 5.48 Å². The molecular weight excluding hydrogens is 654 g/mol. The number of nitrogens with one attached hydrogen (secondary N) is 2. The third kappa shape index (κ3) is 7.64. The summed E-state index contributed by atoms with van der Waals surface area (Å²) in [6.45, 7) is 0. The van der Waals surface area contributed by atoms with E-state index >= 15 is 0 Å². The van der Waals surface area contributed by atoms with Crippen LogP contribution in [0.2, 0.25) is 5.02 Å². The quantitative estimate of drug-likeness (QED) is 0.194. The van der Waals surface area contributed by atoms with Crippen molar-refractivity contribution in [1.29, 1.82) is 0 Å². The average Bonchev–Trinajstić information content (AvgIpc) is 3.20. The predicted molar refractivity (Wildman–Crippen MR) is 155 cm³/mol. The van der Waals surface area contributed by atoms with Gasteiger partial charge in [-0.3, -0.25) is 10.0 Å². The molecule has 3 aromatic carbocycles. The molecule has 2 aliphatic rings. The maximum absolute atomic E-state index is 14.2. The minimum atomic E-state index is -0.471. The van der Waals surface area contributed by atoms with Gasteiger partial charge in [0.2, 0.25) is 5.91 Å². The summed E-state index contributed by atoms with van der Waals surface area (Å²) in [5.74, 6) is -0.416. The van der Waals surface area contributed by atoms with Crippen LogP contribution in [0.1, 0.15) is 36.8 Å². The number of carbonyl (C=O) groups excluding carboxylic acids is 2. The molecule has 0 aromatic heterocycles. The van der Waals surface area contributed by atoms with E-state index in [0.717, 1.165) is 47.2 Å². The molecule has 1 aliphatic carbocycles. The van der Waals surface area contributed by atoms with Gasteiger partial charge >= 0.3 is 193 Å². The molecule has 214 valence electrons. The van der Waals surface area contributed by atoms with Crippen molar-refractivity contribution in [2.45, 2.75) is 38.5 Å². The second-order valence-electron chi connectivity index (χ2n) is 10.7. The molecular formula is C33H32ClFIN2O3-. The molecule has 1 fully saturated rings. The number of rotatable bonds is 8. The van der Waals surface area contributed by atoms with Crippen molar-refractivity contribution in [3.8, 4) is 0 Å². The van der Waals surface area contributed by atoms with E-state index in [1.807, 2.05) is 30.3 Å². The molecule has 1 aliphatic heterocycles. The number of allylic oxidation sites excluding steroid dienone is 1. The molecule has 5 nitrogen and oxygen atoms in total. The van der Waals surface area contributed by atoms with Gasteiger partial charge in [0, 0.05) is 5.02 Å². The number of hydrogen-bond donors (Lipinski definition) is 3. The van der Waals surface area contributed by atoms with Crippen molar-refractivity contribution in [3.05, 3.63) is 109 Å². The fraction of sp³-hybridized carbons (Fsp3) is 0.273. The molecule has 1 atom stereocenters. The summed E-state index contributed by atoms with van der Waals surface area (Å²) < 4.78 is 18.7. The SMILES string of the molecule is O=C(Cc1ccc(CC(C(=O)Nc2ccc(Cl)cc2)C2CCC(C3=c4cc(F)ccc4=C[I-]C=C3)CC2)cc1)NO. The maximum atomic E-state index is 14.2. The first-order chi connectivity index (χ1) is 19.9. The Morgan fingerprint density at radius 3 is 2.39 bits per heavy atom. The van der Waals surface area contributed by atoms with E-state index in [1.165, 1.54) is 11.6 Å². The Balaban J connectivity index is 1.35. The zero-order valence-corrected chi connectivity index (χ0v) is 25.4. The van der Waals surface area contributed by atoms with E-state index in [9.17, 15) is 14.0 Å². The number of halogens is 3. The van der Waals surface area contributed by atoms with Crippen LogP contribution in [0, 0.1) is 23.6 Å². The van der Waals surface area contributed by atoms with E-state index in [0.29, 0.717) is 23.0 Å². The summed E-state index contributed by atoms with van der Waals surface area (Å²) >= 11 is 5.84. The van der Waals surface area contributed by atoms with Gasteiger partial charge in [-0.1, -0.05) is 11.6 Å². The van der Waals surface area contributed by atoms with E-state index in [1.54, 1.807) is 35.8 Å². The third-order valence-electron chi connectivity index (χ3n) is 8.02. The first-order valence-corrected chi connectivity index (χ1v) is 16.6. The zero-order chi connectivity index (χ0) is 28.8. The predicted octanol–water partition coefficient (Wildman–Crippen LogP) is 2.34. The summed E-state index contributed by atoms with van der Waals surface area (Å²) in [6, 6.07) is 19.9. The van der Waals surface area contributed by atoms with Crippen molar-refractivity contribution in [2.75, 3.05) is 5.32 Å². The minimum Gasteiger partial charge on any atom is -0.289 e. The number of fused-ring (bicyclic) bond motifs is 1. The van der Waals surface area contributed by atoms with Crippen LogP contribution >= 0.6 is 11.6 Å². The van der Waals surface area contributed by atoms with Gasteiger partial charge in [0.1, 0.15) is 0 Å². The molecule has 0 radical (unpaired) electrons. The van der Waals surface area contributed by atoms with Crippen LogP contribution in [0.3, 0.4) is 0 Å². The molecule has 1 saturated carbocycles. The van der Waals surface area contributed by atoms with Gasteiger partial charge in [-0.05, 0) is 17.7 Å². The molecule has 3 aromatic rings. The van der Waals surface area contributed by atoms with E-state index in [-0.39, 0.29) is 51.2 Å². The Labute approximate surface area is 254 Å². The summed E-state index contributed by atoms with van der Waals surface area (Å²) in [5.41, 5.74) is 5.39. The fourth-order valence-corrected chi connectivity index (χ4v) is 7.73. The van der Waals surface area contributed by atoms with Gasteiger partial charge in [-0.2, -0.15) is 0 Å². The molecule has 8 heteroatoms. The Kier molecular flexibility index (Phi) is 9.90. The van der Waals surface area contributed by atoms with Crippen LogP contribution in [0.4, 0.5) is 10.1 Å². The molecule has 41 heavy (non-hydrogen) atoms.